The predicted molar refractivity (Wildman–Crippen MR) is 101 cm³/mol. The van der Waals surface area contributed by atoms with Crippen LogP contribution < -0.4 is 16.4 Å². The number of H-pyrrole nitrogens is 1. The zero-order valence-electron chi connectivity index (χ0n) is 15.3. The molecule has 2 aromatic rings. The van der Waals surface area contributed by atoms with Crippen molar-refractivity contribution < 1.29 is 19.1 Å². The average molecular weight is 389 g/mol. The van der Waals surface area contributed by atoms with Crippen LogP contribution in [0.25, 0.3) is 0 Å². The molecule has 9 heteroatoms. The molecule has 2 amide bonds. The van der Waals surface area contributed by atoms with Crippen molar-refractivity contribution in [1.82, 2.24) is 20.8 Å². The Morgan fingerprint density at radius 3 is 2.86 bits per heavy atom. The van der Waals surface area contributed by atoms with Crippen molar-refractivity contribution in [2.45, 2.75) is 37.8 Å². The molecule has 3 rings (SSSR count). The van der Waals surface area contributed by atoms with Crippen LogP contribution in [-0.2, 0) is 11.2 Å². The number of aliphatic hydroxyl groups is 1. The first kappa shape index (κ1) is 19.8. The van der Waals surface area contributed by atoms with Gasteiger partial charge in [-0.2, -0.15) is 5.10 Å². The lowest BCUT2D eigenvalue weighted by Gasteiger charge is -2.33. The average Bonchev–Trinajstić information content (AvgIpc) is 3.10. The summed E-state index contributed by atoms with van der Waals surface area (Å²) in [5.41, 5.74) is 6.50. The molecule has 8 nitrogen and oxygen atoms in total. The molecule has 28 heavy (non-hydrogen) atoms. The molecule has 0 radical (unpaired) electrons. The van der Waals surface area contributed by atoms with E-state index >= 15 is 0 Å². The van der Waals surface area contributed by atoms with Crippen LogP contribution in [-0.4, -0.2) is 45.8 Å². The maximum atomic E-state index is 13.2. The van der Waals surface area contributed by atoms with E-state index in [4.69, 9.17) is 5.73 Å². The summed E-state index contributed by atoms with van der Waals surface area (Å²) in [4.78, 5) is 24.7. The van der Waals surface area contributed by atoms with Gasteiger partial charge in [0.25, 0.3) is 5.91 Å². The fourth-order valence-corrected chi connectivity index (χ4v) is 3.41. The third-order valence-electron chi connectivity index (χ3n) is 4.95. The van der Waals surface area contributed by atoms with Crippen molar-refractivity contribution in [1.29, 1.82) is 0 Å². The van der Waals surface area contributed by atoms with E-state index in [0.29, 0.717) is 32.2 Å². The van der Waals surface area contributed by atoms with Crippen LogP contribution in [0, 0.1) is 11.7 Å². The molecule has 0 saturated heterocycles. The quantitative estimate of drug-likeness (QED) is 0.497. The smallest absolute Gasteiger partial charge is 0.269 e. The van der Waals surface area contributed by atoms with Crippen LogP contribution in [0.5, 0.6) is 0 Å². The van der Waals surface area contributed by atoms with E-state index in [0.717, 1.165) is 5.56 Å². The van der Waals surface area contributed by atoms with Crippen LogP contribution in [0.1, 0.15) is 35.3 Å². The van der Waals surface area contributed by atoms with Gasteiger partial charge in [-0.1, -0.05) is 12.1 Å². The molecule has 1 aliphatic rings. The number of nitrogens with zero attached hydrogens (tertiary/aromatic N) is 1. The molecule has 3 atom stereocenters. The van der Waals surface area contributed by atoms with Gasteiger partial charge in [0.2, 0.25) is 5.91 Å². The molecule has 1 aromatic heterocycles. The lowest BCUT2D eigenvalue weighted by atomic mass is 9.83. The number of aromatic nitrogens is 2. The lowest BCUT2D eigenvalue weighted by Crippen LogP contribution is -2.49. The van der Waals surface area contributed by atoms with Crippen LogP contribution in [0.2, 0.25) is 0 Å². The zero-order chi connectivity index (χ0) is 20.1. The molecule has 1 aromatic carbocycles. The normalized spacial score (nSPS) is 21.9. The number of hydrogen-bond donors (Lipinski definition) is 5. The van der Waals surface area contributed by atoms with Crippen molar-refractivity contribution >= 4 is 17.6 Å². The van der Waals surface area contributed by atoms with E-state index in [-0.39, 0.29) is 29.2 Å². The van der Waals surface area contributed by atoms with Gasteiger partial charge in [0.05, 0.1) is 12.1 Å². The highest BCUT2D eigenvalue weighted by Gasteiger charge is 2.34. The summed E-state index contributed by atoms with van der Waals surface area (Å²) in [7, 11) is 0. The molecule has 1 aliphatic carbocycles. The van der Waals surface area contributed by atoms with Gasteiger partial charge >= 0.3 is 0 Å². The maximum Gasteiger partial charge on any atom is 0.269 e. The Kier molecular flexibility index (Phi) is 6.25. The summed E-state index contributed by atoms with van der Waals surface area (Å²) in [5.74, 6) is -0.977. The number of carbonyl (C=O) groups excluding carboxylic acids is 2. The van der Waals surface area contributed by atoms with Gasteiger partial charge in [-0.05, 0) is 43.4 Å². The Hall–Kier alpha value is -2.94. The zero-order valence-corrected chi connectivity index (χ0v) is 15.3. The first-order valence-electron chi connectivity index (χ1n) is 9.24. The molecule has 0 aliphatic heterocycles. The third kappa shape index (κ3) is 5.07. The number of halogens is 1. The summed E-state index contributed by atoms with van der Waals surface area (Å²) in [6.45, 7) is 0.395. The first-order valence-corrected chi connectivity index (χ1v) is 9.24. The van der Waals surface area contributed by atoms with Gasteiger partial charge in [0.15, 0.2) is 0 Å². The number of nitrogens with two attached hydrogens (primary N) is 1. The Balaban J connectivity index is 1.50. The Morgan fingerprint density at radius 1 is 1.32 bits per heavy atom. The van der Waals surface area contributed by atoms with Gasteiger partial charge in [-0.3, -0.25) is 14.7 Å². The highest BCUT2D eigenvalue weighted by atomic mass is 19.1. The second-order valence-electron chi connectivity index (χ2n) is 7.03. The van der Waals surface area contributed by atoms with E-state index in [1.54, 1.807) is 12.1 Å². The number of carbonyl (C=O) groups is 2. The van der Waals surface area contributed by atoms with Crippen molar-refractivity contribution in [2.24, 2.45) is 5.92 Å². The number of benzene rings is 1. The topological polar surface area (TPSA) is 133 Å². The third-order valence-corrected chi connectivity index (χ3v) is 4.95. The highest BCUT2D eigenvalue weighted by molar-refractivity contribution is 5.93. The minimum Gasteiger partial charge on any atom is -0.391 e. The minimum atomic E-state index is -0.722. The molecule has 0 bridgehead atoms. The van der Waals surface area contributed by atoms with Gasteiger partial charge < -0.3 is 21.5 Å². The number of aromatic amines is 1. The number of rotatable bonds is 6. The number of anilines is 1. The summed E-state index contributed by atoms with van der Waals surface area (Å²) >= 11 is 0. The molecular weight excluding hydrogens is 365 g/mol. The number of amides is 2. The van der Waals surface area contributed by atoms with Gasteiger partial charge in [-0.15, -0.1) is 0 Å². The highest BCUT2D eigenvalue weighted by Crippen LogP contribution is 2.25. The molecule has 1 fully saturated rings. The van der Waals surface area contributed by atoms with E-state index in [9.17, 15) is 19.1 Å². The monoisotopic (exact) mass is 389 g/mol. The fourth-order valence-electron chi connectivity index (χ4n) is 3.41. The molecule has 6 N–H and O–H groups in total. The molecule has 1 saturated carbocycles. The summed E-state index contributed by atoms with van der Waals surface area (Å²) in [6.07, 6.45) is 1.09. The summed E-state index contributed by atoms with van der Waals surface area (Å²) < 4.78 is 13.2. The minimum absolute atomic E-state index is 0.131. The van der Waals surface area contributed by atoms with E-state index < -0.39 is 18.1 Å². The van der Waals surface area contributed by atoms with Crippen LogP contribution in [0.4, 0.5) is 10.2 Å². The Morgan fingerprint density at radius 2 is 2.14 bits per heavy atom. The van der Waals surface area contributed by atoms with Gasteiger partial charge in [0.1, 0.15) is 17.3 Å². The SMILES string of the molecule is Nc1cc(C(=O)N[C@@H]2C[C@@H](C(=O)NCCc3cccc(F)c3)CC[C@H]2O)[nH]n1. The van der Waals surface area contributed by atoms with Crippen molar-refractivity contribution in [3.05, 3.63) is 47.4 Å². The fraction of sp³-hybridized carbons (Fsp3) is 0.421. The predicted octanol–water partition coefficient (Wildman–Crippen LogP) is 0.749. The molecule has 1 heterocycles. The molecule has 0 spiro atoms. The van der Waals surface area contributed by atoms with Crippen molar-refractivity contribution in [3.8, 4) is 0 Å². The van der Waals surface area contributed by atoms with E-state index in [1.165, 1.54) is 18.2 Å². The summed E-state index contributed by atoms with van der Waals surface area (Å²) in [5, 5.41) is 22.0. The van der Waals surface area contributed by atoms with Crippen molar-refractivity contribution in [2.75, 3.05) is 12.3 Å². The lowest BCUT2D eigenvalue weighted by molar-refractivity contribution is -0.127. The van der Waals surface area contributed by atoms with E-state index in [2.05, 4.69) is 20.8 Å². The van der Waals surface area contributed by atoms with E-state index in [1.807, 2.05) is 0 Å². The largest absolute Gasteiger partial charge is 0.391 e. The molecule has 150 valence electrons. The number of aliphatic hydroxyl groups excluding tert-OH is 1. The number of nitrogen functional groups attached to an aromatic ring is 1. The molecular formula is C19H24FN5O3. The number of nitrogens with one attached hydrogen (secondary N) is 3. The maximum absolute atomic E-state index is 13.2. The Bertz CT molecular complexity index is 840. The van der Waals surface area contributed by atoms with Crippen LogP contribution in [0.3, 0.4) is 0 Å². The van der Waals surface area contributed by atoms with Gasteiger partial charge in [-0.25, -0.2) is 4.39 Å². The van der Waals surface area contributed by atoms with Crippen LogP contribution >= 0.6 is 0 Å². The van der Waals surface area contributed by atoms with Crippen LogP contribution in [0.15, 0.2) is 30.3 Å². The summed E-state index contributed by atoms with van der Waals surface area (Å²) in [6, 6.07) is 7.12. The second kappa shape index (κ2) is 8.83. The second-order valence-corrected chi connectivity index (χ2v) is 7.03. The van der Waals surface area contributed by atoms with Crippen molar-refractivity contribution in [3.63, 3.8) is 0 Å². The first-order chi connectivity index (χ1) is 13.4. The standard InChI is InChI=1S/C19H24FN5O3/c20-13-3-1-2-11(8-13)6-7-22-18(27)12-4-5-16(26)14(9-12)23-19(28)15-10-17(21)25-24-15/h1-3,8,10,12,14,16,26H,4-7,9H2,(H,22,27)(H,23,28)(H3,21,24,25)/t12-,14+,16+/m0/s1. The van der Waals surface area contributed by atoms with Gasteiger partial charge in [0, 0.05) is 18.5 Å². The number of hydrogen-bond acceptors (Lipinski definition) is 5. The molecule has 0 unspecified atom stereocenters. The Labute approximate surface area is 161 Å².